The lowest BCUT2D eigenvalue weighted by molar-refractivity contribution is -0.141. The Hall–Kier alpha value is -2.28. The molecule has 1 saturated heterocycles. The molecule has 0 N–H and O–H groups in total. The van der Waals surface area contributed by atoms with Gasteiger partial charge in [-0.05, 0) is 24.6 Å². The van der Waals surface area contributed by atoms with Gasteiger partial charge in [-0.3, -0.25) is 4.79 Å². The quantitative estimate of drug-likeness (QED) is 0.478. The molecule has 0 unspecified atom stereocenters. The predicted octanol–water partition coefficient (Wildman–Crippen LogP) is 1.99. The van der Waals surface area contributed by atoms with Gasteiger partial charge in [0.1, 0.15) is 18.1 Å². The van der Waals surface area contributed by atoms with E-state index in [0.29, 0.717) is 24.3 Å². The van der Waals surface area contributed by atoms with Crippen LogP contribution in [0.15, 0.2) is 18.2 Å². The molecule has 4 rings (SSSR count). The molecule has 0 amide bonds. The summed E-state index contributed by atoms with van der Waals surface area (Å²) in [7, 11) is 1.55. The van der Waals surface area contributed by atoms with Crippen LogP contribution in [0.5, 0.6) is 11.5 Å². The first-order valence-corrected chi connectivity index (χ1v) is 7.43. The van der Waals surface area contributed by atoms with Crippen molar-refractivity contribution in [2.24, 2.45) is 5.92 Å². The Labute approximate surface area is 132 Å². The maximum Gasteiger partial charge on any atom is 0.509 e. The maximum absolute atomic E-state index is 12.3. The molecule has 2 heterocycles. The summed E-state index contributed by atoms with van der Waals surface area (Å²) in [6.45, 7) is 0.323. The fourth-order valence-corrected chi connectivity index (χ4v) is 3.68. The van der Waals surface area contributed by atoms with Crippen molar-refractivity contribution in [2.45, 2.75) is 24.4 Å². The van der Waals surface area contributed by atoms with Gasteiger partial charge in [0.25, 0.3) is 0 Å². The van der Waals surface area contributed by atoms with Crippen LogP contribution in [0.25, 0.3) is 0 Å². The molecule has 2 aliphatic heterocycles. The number of cyclic esters (lactones) is 1. The number of methoxy groups -OCH3 is 1. The highest BCUT2D eigenvalue weighted by Gasteiger charge is 2.57. The van der Waals surface area contributed by atoms with Crippen LogP contribution in [-0.4, -0.2) is 38.2 Å². The normalized spacial score (nSPS) is 31.2. The van der Waals surface area contributed by atoms with E-state index in [1.54, 1.807) is 19.2 Å². The second-order valence-electron chi connectivity index (χ2n) is 6.12. The smallest absolute Gasteiger partial charge is 0.468 e. The average molecular weight is 320 g/mol. The number of rotatable bonds is 3. The van der Waals surface area contributed by atoms with E-state index >= 15 is 0 Å². The van der Waals surface area contributed by atoms with Gasteiger partial charge < -0.3 is 23.7 Å². The number of ether oxygens (including phenoxy) is 5. The second-order valence-corrected chi connectivity index (χ2v) is 6.12. The Bertz CT molecular complexity index is 670. The summed E-state index contributed by atoms with van der Waals surface area (Å²) in [6.07, 6.45) is 0.291. The molecule has 0 radical (unpaired) electrons. The minimum Gasteiger partial charge on any atom is -0.468 e. The van der Waals surface area contributed by atoms with E-state index in [9.17, 15) is 9.59 Å². The molecule has 1 aromatic carbocycles. The monoisotopic (exact) mass is 320 g/mol. The summed E-state index contributed by atoms with van der Waals surface area (Å²) in [5, 5.41) is 0. The fourth-order valence-electron chi connectivity index (χ4n) is 3.68. The van der Waals surface area contributed by atoms with Crippen molar-refractivity contribution in [3.8, 4) is 11.5 Å². The third-order valence-electron chi connectivity index (χ3n) is 4.66. The molecule has 1 saturated carbocycles. The number of fused-ring (bicyclic) bond motifs is 3. The molecule has 0 bridgehead atoms. The van der Waals surface area contributed by atoms with Crippen LogP contribution in [0, 0.1) is 5.92 Å². The Morgan fingerprint density at radius 2 is 2.09 bits per heavy atom. The SMILES string of the molecule is COCOc1ccc2c(c1)[C@H]1C[C@@]3(COC(=O)O3)C[C@H]1C(=O)O2. The van der Waals surface area contributed by atoms with E-state index in [2.05, 4.69) is 0 Å². The Kier molecular flexibility index (Phi) is 3.19. The first-order valence-electron chi connectivity index (χ1n) is 7.43. The molecule has 2 fully saturated rings. The van der Waals surface area contributed by atoms with Crippen LogP contribution in [0.3, 0.4) is 0 Å². The van der Waals surface area contributed by atoms with Crippen molar-refractivity contribution >= 4 is 12.1 Å². The highest BCUT2D eigenvalue weighted by Crippen LogP contribution is 2.54. The van der Waals surface area contributed by atoms with Crippen molar-refractivity contribution in [3.63, 3.8) is 0 Å². The van der Waals surface area contributed by atoms with E-state index < -0.39 is 11.8 Å². The zero-order valence-electron chi connectivity index (χ0n) is 12.6. The number of carbonyl (C=O) groups is 2. The van der Waals surface area contributed by atoms with E-state index in [1.807, 2.05) is 6.07 Å². The van der Waals surface area contributed by atoms with Crippen molar-refractivity contribution in [3.05, 3.63) is 23.8 Å². The van der Waals surface area contributed by atoms with Crippen LogP contribution < -0.4 is 9.47 Å². The number of hydrogen-bond acceptors (Lipinski definition) is 7. The minimum absolute atomic E-state index is 0.0770. The zero-order chi connectivity index (χ0) is 16.0. The number of carbonyl (C=O) groups excluding carboxylic acids is 2. The van der Waals surface area contributed by atoms with Crippen molar-refractivity contribution < 1.29 is 33.3 Å². The third-order valence-corrected chi connectivity index (χ3v) is 4.66. The summed E-state index contributed by atoms with van der Waals surface area (Å²) in [5.41, 5.74) is 0.166. The van der Waals surface area contributed by atoms with Gasteiger partial charge in [0.05, 0.1) is 5.92 Å². The summed E-state index contributed by atoms with van der Waals surface area (Å²) < 4.78 is 26.1. The van der Waals surface area contributed by atoms with Gasteiger partial charge in [0, 0.05) is 25.0 Å². The van der Waals surface area contributed by atoms with Crippen molar-refractivity contribution in [2.75, 3.05) is 20.5 Å². The van der Waals surface area contributed by atoms with Gasteiger partial charge in [0.15, 0.2) is 12.4 Å². The third kappa shape index (κ3) is 2.31. The van der Waals surface area contributed by atoms with Crippen LogP contribution in [0.1, 0.15) is 24.3 Å². The topological polar surface area (TPSA) is 80.3 Å². The van der Waals surface area contributed by atoms with Crippen LogP contribution >= 0.6 is 0 Å². The minimum atomic E-state index is -0.726. The van der Waals surface area contributed by atoms with Gasteiger partial charge in [-0.1, -0.05) is 0 Å². The van der Waals surface area contributed by atoms with E-state index in [1.165, 1.54) is 0 Å². The highest BCUT2D eigenvalue weighted by atomic mass is 16.8. The fraction of sp³-hybridized carbons (Fsp3) is 0.500. The predicted molar refractivity (Wildman–Crippen MR) is 75.2 cm³/mol. The molecule has 3 atom stereocenters. The van der Waals surface area contributed by atoms with Gasteiger partial charge in [0.2, 0.25) is 0 Å². The summed E-state index contributed by atoms with van der Waals surface area (Å²) in [6, 6.07) is 5.31. The summed E-state index contributed by atoms with van der Waals surface area (Å²) in [4.78, 5) is 23.6. The molecule has 3 aliphatic rings. The van der Waals surface area contributed by atoms with Crippen molar-refractivity contribution in [1.82, 2.24) is 0 Å². The lowest BCUT2D eigenvalue weighted by Crippen LogP contribution is -2.30. The molecule has 7 nitrogen and oxygen atoms in total. The van der Waals surface area contributed by atoms with E-state index in [4.69, 9.17) is 23.7 Å². The molecule has 23 heavy (non-hydrogen) atoms. The molecular formula is C16H16O7. The average Bonchev–Trinajstić information content (AvgIpc) is 3.09. The molecular weight excluding hydrogens is 304 g/mol. The lowest BCUT2D eigenvalue weighted by atomic mass is 9.86. The standard InChI is InChI=1S/C16H16O7/c1-19-8-21-9-2-3-13-10(4-9)11-5-16(7-20-15(18)23-16)6-12(11)14(17)22-13/h2-4,11-12H,5-8H2,1H3/t11-,12-,16+/m1/s1. The van der Waals surface area contributed by atoms with Crippen LogP contribution in [-0.2, 0) is 19.0 Å². The van der Waals surface area contributed by atoms with Gasteiger partial charge in [-0.15, -0.1) is 0 Å². The van der Waals surface area contributed by atoms with Crippen LogP contribution in [0.4, 0.5) is 4.79 Å². The first kappa shape index (κ1) is 14.3. The molecule has 7 heteroatoms. The lowest BCUT2D eigenvalue weighted by Gasteiger charge is -2.26. The maximum atomic E-state index is 12.3. The molecule has 122 valence electrons. The van der Waals surface area contributed by atoms with Crippen LogP contribution in [0.2, 0.25) is 0 Å². The Morgan fingerprint density at radius 3 is 2.83 bits per heavy atom. The number of hydrogen-bond donors (Lipinski definition) is 0. The number of benzene rings is 1. The highest BCUT2D eigenvalue weighted by molar-refractivity contribution is 5.80. The van der Waals surface area contributed by atoms with E-state index in [0.717, 1.165) is 5.56 Å². The second kappa shape index (κ2) is 5.13. The van der Waals surface area contributed by atoms with Crippen molar-refractivity contribution in [1.29, 1.82) is 0 Å². The van der Waals surface area contributed by atoms with Gasteiger partial charge >= 0.3 is 12.1 Å². The van der Waals surface area contributed by atoms with Gasteiger partial charge in [-0.25, -0.2) is 4.79 Å². The Morgan fingerprint density at radius 1 is 1.26 bits per heavy atom. The molecule has 0 aromatic heterocycles. The molecule has 1 aromatic rings. The largest absolute Gasteiger partial charge is 0.509 e. The van der Waals surface area contributed by atoms with Gasteiger partial charge in [-0.2, -0.15) is 0 Å². The zero-order valence-corrected chi connectivity index (χ0v) is 12.6. The Balaban J connectivity index is 1.66. The molecule has 1 aliphatic carbocycles. The summed E-state index contributed by atoms with van der Waals surface area (Å²) in [5.74, 6) is 0.473. The number of esters is 1. The summed E-state index contributed by atoms with van der Waals surface area (Å²) >= 11 is 0. The first-order chi connectivity index (χ1) is 11.1. The molecule has 1 spiro atoms. The van der Waals surface area contributed by atoms with E-state index in [-0.39, 0.29) is 31.2 Å².